The molecule has 5 heteroatoms. The molecule has 21 heavy (non-hydrogen) atoms. The highest BCUT2D eigenvalue weighted by atomic mass is 32.2. The molecule has 1 fully saturated rings. The Labute approximate surface area is 127 Å². The van der Waals surface area contributed by atoms with Crippen LogP contribution in [0, 0.1) is 30.6 Å². The highest BCUT2D eigenvalue weighted by Gasteiger charge is 2.29. The Morgan fingerprint density at radius 1 is 1.43 bits per heavy atom. The maximum atomic E-state index is 12.4. The van der Waals surface area contributed by atoms with Crippen LogP contribution in [0.3, 0.4) is 0 Å². The van der Waals surface area contributed by atoms with Gasteiger partial charge in [-0.05, 0) is 49.3 Å². The topological polar surface area (TPSA) is 72.2 Å². The monoisotopic (exact) mass is 306 g/mol. The second-order valence-corrected chi connectivity index (χ2v) is 7.39. The van der Waals surface area contributed by atoms with Crippen LogP contribution in [0.2, 0.25) is 0 Å². The van der Waals surface area contributed by atoms with Gasteiger partial charge >= 0.3 is 0 Å². The van der Waals surface area contributed by atoms with Crippen molar-refractivity contribution < 1.29 is 8.42 Å². The van der Waals surface area contributed by atoms with Gasteiger partial charge in [-0.3, -0.25) is 0 Å². The Bertz CT molecular complexity index is 667. The summed E-state index contributed by atoms with van der Waals surface area (Å²) in [6.07, 6.45) is 2.43. The molecule has 3 N–H and O–H groups in total. The molecule has 0 radical (unpaired) electrons. The van der Waals surface area contributed by atoms with Crippen molar-refractivity contribution in [3.63, 3.8) is 0 Å². The van der Waals surface area contributed by atoms with E-state index in [0.717, 1.165) is 5.56 Å². The summed E-state index contributed by atoms with van der Waals surface area (Å²) < 4.78 is 27.6. The number of nitrogens with one attached hydrogen (secondary N) is 1. The summed E-state index contributed by atoms with van der Waals surface area (Å²) >= 11 is 0. The van der Waals surface area contributed by atoms with Gasteiger partial charge in [-0.25, -0.2) is 13.1 Å². The van der Waals surface area contributed by atoms with Gasteiger partial charge in [-0.1, -0.05) is 24.8 Å². The first kappa shape index (κ1) is 16.0. The van der Waals surface area contributed by atoms with Crippen LogP contribution >= 0.6 is 0 Å². The Kier molecular flexibility index (Phi) is 5.04. The van der Waals surface area contributed by atoms with Gasteiger partial charge in [-0.15, -0.1) is 0 Å². The molecule has 0 bridgehead atoms. The molecule has 4 nitrogen and oxygen atoms in total. The normalized spacial score (nSPS) is 16.1. The lowest BCUT2D eigenvalue weighted by Gasteiger charge is -2.13. The van der Waals surface area contributed by atoms with Crippen molar-refractivity contribution in [2.75, 3.05) is 13.1 Å². The van der Waals surface area contributed by atoms with Crippen LogP contribution in [-0.2, 0) is 10.0 Å². The lowest BCUT2D eigenvalue weighted by molar-refractivity contribution is 0.491. The predicted molar refractivity (Wildman–Crippen MR) is 84.2 cm³/mol. The fraction of sp³-hybridized carbons (Fsp3) is 0.500. The zero-order valence-corrected chi connectivity index (χ0v) is 13.3. The quantitative estimate of drug-likeness (QED) is 0.812. The number of nitrogens with two attached hydrogens (primary N) is 1. The largest absolute Gasteiger partial charge is 0.320 e. The van der Waals surface area contributed by atoms with Gasteiger partial charge < -0.3 is 5.73 Å². The van der Waals surface area contributed by atoms with Crippen molar-refractivity contribution in [1.82, 2.24) is 4.72 Å². The maximum absolute atomic E-state index is 12.4. The number of benzene rings is 1. The zero-order chi connectivity index (χ0) is 15.5. The van der Waals surface area contributed by atoms with Crippen molar-refractivity contribution in [2.45, 2.75) is 31.6 Å². The molecule has 1 aliphatic rings. The number of aryl methyl sites for hydroxylation is 1. The minimum Gasteiger partial charge on any atom is -0.320 e. The van der Waals surface area contributed by atoms with E-state index in [0.29, 0.717) is 28.8 Å². The van der Waals surface area contributed by atoms with E-state index in [4.69, 9.17) is 5.73 Å². The van der Waals surface area contributed by atoms with Crippen molar-refractivity contribution in [3.8, 4) is 11.8 Å². The molecular formula is C16H22N2O2S. The lowest BCUT2D eigenvalue weighted by Crippen LogP contribution is -2.29. The molecule has 114 valence electrons. The summed E-state index contributed by atoms with van der Waals surface area (Å²) in [4.78, 5) is 0.300. The van der Waals surface area contributed by atoms with Crippen molar-refractivity contribution >= 4 is 10.0 Å². The van der Waals surface area contributed by atoms with Gasteiger partial charge in [0.2, 0.25) is 10.0 Å². The van der Waals surface area contributed by atoms with Crippen LogP contribution in [0.15, 0.2) is 23.1 Å². The first-order valence-corrected chi connectivity index (χ1v) is 8.71. The van der Waals surface area contributed by atoms with Crippen LogP contribution in [0.1, 0.15) is 30.9 Å². The van der Waals surface area contributed by atoms with E-state index in [1.165, 1.54) is 12.8 Å². The van der Waals surface area contributed by atoms with Crippen molar-refractivity contribution in [3.05, 3.63) is 29.3 Å². The molecular weight excluding hydrogens is 284 g/mol. The minimum absolute atomic E-state index is 0.257. The van der Waals surface area contributed by atoms with Gasteiger partial charge in [-0.2, -0.15) is 0 Å². The van der Waals surface area contributed by atoms with Gasteiger partial charge in [0.15, 0.2) is 0 Å². The predicted octanol–water partition coefficient (Wildman–Crippen LogP) is 1.63. The van der Waals surface area contributed by atoms with E-state index in [9.17, 15) is 8.42 Å². The Morgan fingerprint density at radius 2 is 2.14 bits per heavy atom. The van der Waals surface area contributed by atoms with Crippen LogP contribution < -0.4 is 10.5 Å². The molecule has 0 saturated heterocycles. The summed E-state index contributed by atoms with van der Waals surface area (Å²) in [5, 5.41) is 0. The van der Waals surface area contributed by atoms with Crippen LogP contribution in [0.4, 0.5) is 0 Å². The third kappa shape index (κ3) is 4.31. The molecule has 1 unspecified atom stereocenters. The fourth-order valence-corrected chi connectivity index (χ4v) is 3.68. The van der Waals surface area contributed by atoms with Gasteiger partial charge in [0, 0.05) is 12.1 Å². The molecule has 0 aromatic heterocycles. The van der Waals surface area contributed by atoms with E-state index in [-0.39, 0.29) is 6.54 Å². The van der Waals surface area contributed by atoms with Gasteiger partial charge in [0.1, 0.15) is 0 Å². The number of hydrogen-bond acceptors (Lipinski definition) is 3. The van der Waals surface area contributed by atoms with E-state index in [1.54, 1.807) is 19.1 Å². The first-order chi connectivity index (χ1) is 9.94. The standard InChI is InChI=1S/C16H22N2O2S/c1-12-5-6-14(4-3-9-17)10-16(12)21(19,20)18-11-13(2)15-7-8-15/h5-6,10,13,15,18H,7-9,11,17H2,1-2H3. The molecule has 0 spiro atoms. The second-order valence-electron chi connectivity index (χ2n) is 5.65. The third-order valence-corrected chi connectivity index (χ3v) is 5.40. The highest BCUT2D eigenvalue weighted by Crippen LogP contribution is 2.36. The summed E-state index contributed by atoms with van der Waals surface area (Å²) in [6, 6.07) is 5.20. The Morgan fingerprint density at radius 3 is 2.76 bits per heavy atom. The zero-order valence-electron chi connectivity index (χ0n) is 12.5. The van der Waals surface area contributed by atoms with E-state index >= 15 is 0 Å². The Hall–Kier alpha value is -1.35. The van der Waals surface area contributed by atoms with Crippen LogP contribution in [-0.4, -0.2) is 21.5 Å². The average Bonchev–Trinajstić information content (AvgIpc) is 3.28. The van der Waals surface area contributed by atoms with Gasteiger partial charge in [0.05, 0.1) is 11.4 Å². The van der Waals surface area contributed by atoms with Crippen molar-refractivity contribution in [1.29, 1.82) is 0 Å². The third-order valence-electron chi connectivity index (χ3n) is 3.83. The average molecular weight is 306 g/mol. The van der Waals surface area contributed by atoms with Crippen molar-refractivity contribution in [2.24, 2.45) is 17.6 Å². The first-order valence-electron chi connectivity index (χ1n) is 7.23. The molecule has 1 aromatic carbocycles. The lowest BCUT2D eigenvalue weighted by atomic mass is 10.1. The van der Waals surface area contributed by atoms with Crippen LogP contribution in [0.25, 0.3) is 0 Å². The molecule has 0 aliphatic heterocycles. The molecule has 1 atom stereocenters. The maximum Gasteiger partial charge on any atom is 0.240 e. The smallest absolute Gasteiger partial charge is 0.240 e. The van der Waals surface area contributed by atoms with E-state index in [1.807, 2.05) is 6.07 Å². The summed E-state index contributed by atoms with van der Waals surface area (Å²) in [5.74, 6) is 6.67. The molecule has 0 heterocycles. The number of hydrogen-bond donors (Lipinski definition) is 2. The Balaban J connectivity index is 2.17. The summed E-state index contributed by atoms with van der Waals surface area (Å²) in [7, 11) is -3.49. The van der Waals surface area contributed by atoms with Gasteiger partial charge in [0.25, 0.3) is 0 Å². The molecule has 1 saturated carbocycles. The van der Waals surface area contributed by atoms with E-state index in [2.05, 4.69) is 23.5 Å². The minimum atomic E-state index is -3.49. The van der Waals surface area contributed by atoms with Crippen LogP contribution in [0.5, 0.6) is 0 Å². The molecule has 0 amide bonds. The van der Waals surface area contributed by atoms with E-state index < -0.39 is 10.0 Å². The fourth-order valence-electron chi connectivity index (χ4n) is 2.27. The number of sulfonamides is 1. The summed E-state index contributed by atoms with van der Waals surface area (Å²) in [6.45, 7) is 4.63. The molecule has 1 aliphatic carbocycles. The highest BCUT2D eigenvalue weighted by molar-refractivity contribution is 7.89. The SMILES string of the molecule is Cc1ccc(C#CCN)cc1S(=O)(=O)NCC(C)C1CC1. The second kappa shape index (κ2) is 6.61. The summed E-state index contributed by atoms with van der Waals surface area (Å²) in [5.41, 5.74) is 6.73. The molecule has 2 rings (SSSR count). The number of rotatable bonds is 5. The molecule has 1 aromatic rings.